The molecule has 0 bridgehead atoms. The van der Waals surface area contributed by atoms with Gasteiger partial charge in [-0.2, -0.15) is 13.2 Å². The van der Waals surface area contributed by atoms with E-state index in [-0.39, 0.29) is 18.0 Å². The molecule has 0 unspecified atom stereocenters. The van der Waals surface area contributed by atoms with Crippen molar-refractivity contribution in [3.63, 3.8) is 0 Å². The number of rotatable bonds is 8. The molecule has 1 atom stereocenters. The van der Waals surface area contributed by atoms with Crippen LogP contribution in [0.2, 0.25) is 5.02 Å². The van der Waals surface area contributed by atoms with Gasteiger partial charge in [-0.1, -0.05) is 23.7 Å². The maximum absolute atomic E-state index is 14.2. The largest absolute Gasteiger partial charge is 0.490 e. The van der Waals surface area contributed by atoms with Gasteiger partial charge < -0.3 is 24.9 Å². The molecule has 45 heavy (non-hydrogen) atoms. The van der Waals surface area contributed by atoms with Crippen molar-refractivity contribution >= 4 is 34.3 Å². The third kappa shape index (κ3) is 8.62. The summed E-state index contributed by atoms with van der Waals surface area (Å²) in [5.41, 5.74) is 10.2. The molecule has 0 amide bonds. The van der Waals surface area contributed by atoms with Crippen molar-refractivity contribution in [1.29, 1.82) is 0 Å². The zero-order chi connectivity index (χ0) is 32.1. The summed E-state index contributed by atoms with van der Waals surface area (Å²) in [7, 11) is 0. The highest BCUT2D eigenvalue weighted by atomic mass is 35.5. The number of halogens is 5. The first kappa shape index (κ1) is 32.5. The Bertz CT molecular complexity index is 1640. The summed E-state index contributed by atoms with van der Waals surface area (Å²) in [6.45, 7) is 4.22. The summed E-state index contributed by atoms with van der Waals surface area (Å²) in [5, 5.41) is 7.51. The number of ether oxygens (including phenoxy) is 2. The lowest BCUT2D eigenvalue weighted by atomic mass is 10.1. The average molecular weight is 650 g/mol. The van der Waals surface area contributed by atoms with Gasteiger partial charge in [0.2, 0.25) is 5.88 Å². The summed E-state index contributed by atoms with van der Waals surface area (Å²) in [6, 6.07) is 16.3. The zero-order valence-electron chi connectivity index (χ0n) is 24.1. The number of carboxylic acid groups (broad SMARTS) is 1. The van der Waals surface area contributed by atoms with E-state index in [1.165, 1.54) is 6.07 Å². The number of hydrogen-bond acceptors (Lipinski definition) is 7. The fourth-order valence-electron chi connectivity index (χ4n) is 5.18. The molecule has 0 spiro atoms. The summed E-state index contributed by atoms with van der Waals surface area (Å²) >= 11 is 5.88. The van der Waals surface area contributed by atoms with Crippen molar-refractivity contribution in [2.75, 3.05) is 25.4 Å². The predicted octanol–water partition coefficient (Wildman–Crippen LogP) is 5.86. The molecule has 14 heteroatoms. The fourth-order valence-corrected chi connectivity index (χ4v) is 5.34. The second-order valence-electron chi connectivity index (χ2n) is 10.9. The second-order valence-corrected chi connectivity index (χ2v) is 11.4. The number of anilines is 1. The molecule has 2 aliphatic heterocycles. The van der Waals surface area contributed by atoms with E-state index in [9.17, 15) is 17.6 Å². The van der Waals surface area contributed by atoms with Crippen molar-refractivity contribution < 1.29 is 36.9 Å². The Labute approximate surface area is 261 Å². The molecule has 0 aliphatic carbocycles. The normalized spacial score (nSPS) is 17.4. The van der Waals surface area contributed by atoms with Crippen LogP contribution in [0.5, 0.6) is 5.88 Å². The molecule has 4 heterocycles. The Kier molecular flexibility index (Phi) is 10.1. The molecule has 2 fully saturated rings. The van der Waals surface area contributed by atoms with Crippen molar-refractivity contribution in [1.82, 2.24) is 19.4 Å². The van der Waals surface area contributed by atoms with Crippen LogP contribution < -0.4 is 10.5 Å². The minimum atomic E-state index is -5.08. The van der Waals surface area contributed by atoms with Gasteiger partial charge in [-0.05, 0) is 61.2 Å². The molecular weight excluding hydrogens is 618 g/mol. The van der Waals surface area contributed by atoms with Crippen LogP contribution in [0.1, 0.15) is 36.3 Å². The van der Waals surface area contributed by atoms with Crippen LogP contribution in [0.25, 0.3) is 11.0 Å². The van der Waals surface area contributed by atoms with Crippen molar-refractivity contribution in [3.8, 4) is 5.88 Å². The number of pyridine rings is 1. The number of aliphatic carboxylic acids is 1. The van der Waals surface area contributed by atoms with E-state index in [4.69, 9.17) is 41.7 Å². The topological polar surface area (TPSA) is 116 Å². The molecule has 0 radical (unpaired) electrons. The van der Waals surface area contributed by atoms with Crippen LogP contribution in [0.3, 0.4) is 0 Å². The first-order valence-electron chi connectivity index (χ1n) is 14.4. The lowest BCUT2D eigenvalue weighted by Gasteiger charge is -2.32. The maximum Gasteiger partial charge on any atom is 0.490 e. The van der Waals surface area contributed by atoms with Crippen molar-refractivity contribution in [2.45, 2.75) is 57.2 Å². The molecule has 2 aromatic heterocycles. The van der Waals surface area contributed by atoms with Gasteiger partial charge in [0.05, 0.1) is 30.2 Å². The highest BCUT2D eigenvalue weighted by molar-refractivity contribution is 6.30. The minimum absolute atomic E-state index is 0.0864. The number of aromatic nitrogens is 3. The van der Waals surface area contributed by atoms with Crippen LogP contribution in [0, 0.1) is 5.82 Å². The monoisotopic (exact) mass is 649 g/mol. The first-order valence-corrected chi connectivity index (χ1v) is 14.8. The number of alkyl halides is 3. The lowest BCUT2D eigenvalue weighted by Crippen LogP contribution is -2.39. The smallest absolute Gasteiger partial charge is 0.475 e. The number of benzene rings is 2. The third-order valence-corrected chi connectivity index (χ3v) is 7.86. The molecule has 4 aromatic rings. The third-order valence-electron chi connectivity index (χ3n) is 7.63. The Morgan fingerprint density at radius 3 is 2.47 bits per heavy atom. The van der Waals surface area contributed by atoms with E-state index < -0.39 is 12.1 Å². The van der Waals surface area contributed by atoms with E-state index in [1.807, 2.05) is 36.4 Å². The molecule has 0 saturated carbocycles. The molecule has 2 aromatic carbocycles. The van der Waals surface area contributed by atoms with Crippen LogP contribution in [-0.4, -0.2) is 68.6 Å². The van der Waals surface area contributed by atoms with Gasteiger partial charge in [0.1, 0.15) is 17.7 Å². The minimum Gasteiger partial charge on any atom is -0.475 e. The van der Waals surface area contributed by atoms with Crippen LogP contribution in [-0.2, 0) is 29.0 Å². The van der Waals surface area contributed by atoms with E-state index >= 15 is 0 Å². The summed E-state index contributed by atoms with van der Waals surface area (Å²) in [5.74, 6) is -1.46. The summed E-state index contributed by atoms with van der Waals surface area (Å²) < 4.78 is 60.2. The molecule has 6 rings (SSSR count). The molecular formula is C31H32ClF4N5O4. The Hall–Kier alpha value is -3.94. The average Bonchev–Trinajstić information content (AvgIpc) is 3.29. The fraction of sp³-hybridized carbons (Fsp3) is 0.387. The summed E-state index contributed by atoms with van der Waals surface area (Å²) in [6.07, 6.45) is -1.49. The second kappa shape index (κ2) is 14.0. The Morgan fingerprint density at radius 2 is 1.82 bits per heavy atom. The number of carboxylic acids is 1. The van der Waals surface area contributed by atoms with E-state index in [0.29, 0.717) is 22.9 Å². The van der Waals surface area contributed by atoms with Gasteiger partial charge in [-0.3, -0.25) is 4.90 Å². The number of hydrogen-bond donors (Lipinski definition) is 2. The molecule has 9 nitrogen and oxygen atoms in total. The highest BCUT2D eigenvalue weighted by Gasteiger charge is 2.38. The van der Waals surface area contributed by atoms with Crippen molar-refractivity contribution in [3.05, 3.63) is 82.5 Å². The number of nitrogens with zero attached hydrogens (tertiary/aromatic N) is 4. The number of imidazole rings is 1. The van der Waals surface area contributed by atoms with Gasteiger partial charge in [0, 0.05) is 48.6 Å². The van der Waals surface area contributed by atoms with Gasteiger partial charge in [-0.25, -0.2) is 19.2 Å². The van der Waals surface area contributed by atoms with Gasteiger partial charge in [0.15, 0.2) is 0 Å². The molecule has 240 valence electrons. The number of piperidine rings is 1. The van der Waals surface area contributed by atoms with E-state index in [2.05, 4.69) is 14.5 Å². The van der Waals surface area contributed by atoms with Gasteiger partial charge >= 0.3 is 12.1 Å². The number of carbonyl (C=O) groups is 1. The van der Waals surface area contributed by atoms with E-state index in [1.54, 1.807) is 12.1 Å². The number of likely N-dealkylation sites (tertiary alicyclic amines) is 1. The predicted molar refractivity (Wildman–Crippen MR) is 160 cm³/mol. The molecule has 2 saturated heterocycles. The SMILES string of the molecule is Nc1ccc2nc(CN3CCC(Oc4cccc(Cc5ccc(Cl)cc5F)n4)CC3)n(C[C@@H]3CCO3)c2c1.O=C(O)C(F)(F)F. The van der Waals surface area contributed by atoms with Crippen molar-refractivity contribution in [2.24, 2.45) is 0 Å². The number of nitrogen functional groups attached to an aromatic ring is 1. The van der Waals surface area contributed by atoms with Gasteiger partial charge in [-0.15, -0.1) is 0 Å². The highest BCUT2D eigenvalue weighted by Crippen LogP contribution is 2.26. The van der Waals surface area contributed by atoms with Crippen LogP contribution in [0.15, 0.2) is 54.6 Å². The Balaban J connectivity index is 0.000000515. The molecule has 2 aliphatic rings. The number of nitrogens with two attached hydrogens (primary N) is 1. The standard InChI is InChI=1S/C29H31ClFN5O2.C2HF3O2/c30-20-5-4-19(25(31)15-20)14-22-2-1-3-29(33-22)38-23-8-11-35(12-9-23)18-28-34-26-7-6-21(32)16-27(26)36(28)17-24-10-13-37-24;3-2(4,5)1(6)7/h1-7,15-16,23-24H,8-14,17-18,32H2;(H,6,7)/t24-;/m0./s1. The van der Waals surface area contributed by atoms with Crippen LogP contribution >= 0.6 is 11.6 Å². The molecule has 3 N–H and O–H groups in total. The van der Waals surface area contributed by atoms with Crippen LogP contribution in [0.4, 0.5) is 23.2 Å². The quantitative estimate of drug-likeness (QED) is 0.180. The lowest BCUT2D eigenvalue weighted by molar-refractivity contribution is -0.192. The first-order chi connectivity index (χ1) is 21.4. The summed E-state index contributed by atoms with van der Waals surface area (Å²) in [4.78, 5) is 20.9. The van der Waals surface area contributed by atoms with Gasteiger partial charge in [0.25, 0.3) is 0 Å². The van der Waals surface area contributed by atoms with E-state index in [0.717, 1.165) is 80.3 Å². The Morgan fingerprint density at radius 1 is 1.09 bits per heavy atom. The zero-order valence-corrected chi connectivity index (χ0v) is 24.9. The number of fused-ring (bicyclic) bond motifs is 1. The maximum atomic E-state index is 14.2.